The molecule has 9 heteroatoms. The molecule has 0 spiro atoms. The Balaban J connectivity index is 0.000000570. The summed E-state index contributed by atoms with van der Waals surface area (Å²) in [5.74, 6) is -2.83. The topological polar surface area (TPSA) is 95.2 Å². The summed E-state index contributed by atoms with van der Waals surface area (Å²) in [6.07, 6.45) is -3.50. The van der Waals surface area contributed by atoms with Gasteiger partial charge in [0.15, 0.2) is 0 Å². The average molecular weight is 354 g/mol. The van der Waals surface area contributed by atoms with Crippen LogP contribution in [0.15, 0.2) is 30.3 Å². The van der Waals surface area contributed by atoms with Crippen LogP contribution in [0.3, 0.4) is 0 Å². The van der Waals surface area contributed by atoms with Crippen molar-refractivity contribution in [1.29, 1.82) is 0 Å². The molecule has 1 aliphatic carbocycles. The Kier molecular flexibility index (Phi) is 8.98. The van der Waals surface area contributed by atoms with E-state index in [2.05, 4.69) is 5.32 Å². The number of carbonyl (C=O) groups excluding carboxylic acids is 2. The largest absolute Gasteiger partial charge is 1.00 e. The van der Waals surface area contributed by atoms with E-state index in [1.807, 2.05) is 37.3 Å². The number of hydrogen-bond acceptors (Lipinski definition) is 4. The number of carboxylic acids is 1. The first kappa shape index (κ1) is 22.9. The van der Waals surface area contributed by atoms with Crippen molar-refractivity contribution in [2.24, 2.45) is 5.73 Å². The van der Waals surface area contributed by atoms with Crippen LogP contribution in [0.4, 0.5) is 13.2 Å². The van der Waals surface area contributed by atoms with Crippen LogP contribution in [0, 0.1) is 0 Å². The molecule has 1 aromatic rings. The summed E-state index contributed by atoms with van der Waals surface area (Å²) in [4.78, 5) is 20.6. The van der Waals surface area contributed by atoms with Crippen LogP contribution >= 0.6 is 0 Å². The molecule has 1 aliphatic rings. The first-order valence-electron chi connectivity index (χ1n) is 7.03. The Morgan fingerprint density at radius 1 is 1.33 bits per heavy atom. The molecule has 0 heterocycles. The summed E-state index contributed by atoms with van der Waals surface area (Å²) in [5.41, 5.74) is 6.59. The smallest absolute Gasteiger partial charge is 0.542 e. The second kappa shape index (κ2) is 9.41. The fourth-order valence-electron chi connectivity index (χ4n) is 2.03. The summed E-state index contributed by atoms with van der Waals surface area (Å²) < 4.78 is 31.5. The maximum atomic E-state index is 11.8. The van der Waals surface area contributed by atoms with Crippen LogP contribution in [0.25, 0.3) is 0 Å². The molecule has 2 rings (SSSR count). The third-order valence-corrected chi connectivity index (χ3v) is 3.40. The number of halogens is 3. The number of alkyl halides is 3. The molecule has 0 aliphatic heterocycles. The van der Waals surface area contributed by atoms with Gasteiger partial charge in [0.25, 0.3) is 0 Å². The molecule has 1 fully saturated rings. The SMILES string of the molecule is CCCNC(=O)[C@]1(N)C[C@@H]1c1ccccc1.O=C([O-])C(F)(F)F.[Na+]. The van der Waals surface area contributed by atoms with Gasteiger partial charge in [-0.2, -0.15) is 13.2 Å². The molecule has 1 aromatic carbocycles. The Labute approximate surface area is 160 Å². The second-order valence-electron chi connectivity index (χ2n) is 5.25. The molecular weight excluding hydrogens is 336 g/mol. The van der Waals surface area contributed by atoms with E-state index in [1.165, 1.54) is 0 Å². The number of nitrogens with two attached hydrogens (primary N) is 1. The van der Waals surface area contributed by atoms with Gasteiger partial charge in [-0.25, -0.2) is 0 Å². The van der Waals surface area contributed by atoms with Crippen LogP contribution in [-0.2, 0) is 9.59 Å². The van der Waals surface area contributed by atoms with Crippen LogP contribution in [-0.4, -0.2) is 30.1 Å². The van der Waals surface area contributed by atoms with Gasteiger partial charge < -0.3 is 21.0 Å². The van der Waals surface area contributed by atoms with Crippen molar-refractivity contribution in [2.75, 3.05) is 6.54 Å². The summed E-state index contributed by atoms with van der Waals surface area (Å²) in [6.45, 7) is 2.74. The zero-order valence-corrected chi connectivity index (χ0v) is 15.5. The van der Waals surface area contributed by atoms with Gasteiger partial charge >= 0.3 is 35.7 Å². The number of aliphatic carboxylic acids is 1. The van der Waals surface area contributed by atoms with Crippen LogP contribution in [0.2, 0.25) is 0 Å². The second-order valence-corrected chi connectivity index (χ2v) is 5.25. The Hall–Kier alpha value is -1.09. The van der Waals surface area contributed by atoms with Crippen molar-refractivity contribution in [1.82, 2.24) is 5.32 Å². The van der Waals surface area contributed by atoms with Crippen LogP contribution in [0.1, 0.15) is 31.2 Å². The minimum Gasteiger partial charge on any atom is -0.542 e. The molecule has 24 heavy (non-hydrogen) atoms. The fourth-order valence-corrected chi connectivity index (χ4v) is 2.03. The van der Waals surface area contributed by atoms with E-state index < -0.39 is 17.7 Å². The molecule has 0 aromatic heterocycles. The molecule has 5 nitrogen and oxygen atoms in total. The number of benzene rings is 1. The zero-order valence-electron chi connectivity index (χ0n) is 13.5. The summed E-state index contributed by atoms with van der Waals surface area (Å²) in [5, 5.41) is 11.7. The molecule has 2 atom stereocenters. The number of nitrogens with one attached hydrogen (secondary N) is 1. The predicted molar refractivity (Wildman–Crippen MR) is 75.1 cm³/mol. The van der Waals surface area contributed by atoms with Crippen molar-refractivity contribution >= 4 is 11.9 Å². The minimum absolute atomic E-state index is 0. The Morgan fingerprint density at radius 2 is 1.83 bits per heavy atom. The first-order chi connectivity index (χ1) is 10.6. The number of hydrogen-bond donors (Lipinski definition) is 2. The van der Waals surface area contributed by atoms with E-state index in [4.69, 9.17) is 15.6 Å². The summed E-state index contributed by atoms with van der Waals surface area (Å²) in [7, 11) is 0. The van der Waals surface area contributed by atoms with Gasteiger partial charge in [0.05, 0.1) is 0 Å². The van der Waals surface area contributed by atoms with E-state index in [0.29, 0.717) is 6.54 Å². The van der Waals surface area contributed by atoms with E-state index in [-0.39, 0.29) is 41.4 Å². The minimum atomic E-state index is -5.19. The van der Waals surface area contributed by atoms with Crippen LogP contribution < -0.4 is 45.7 Å². The maximum absolute atomic E-state index is 11.8. The van der Waals surface area contributed by atoms with E-state index >= 15 is 0 Å². The monoisotopic (exact) mass is 354 g/mol. The standard InChI is InChI=1S/C13H18N2O.C2HF3O2.Na/c1-2-8-15-12(16)13(14)9-11(13)10-6-4-3-5-7-10;3-2(4,5)1(6)7;/h3-7,11H,2,8-9,14H2,1H3,(H,15,16);(H,6,7);/q;;+1/p-1/t11-,13+;;/m1../s1. The van der Waals surface area contributed by atoms with Gasteiger partial charge in [-0.15, -0.1) is 0 Å². The van der Waals surface area contributed by atoms with E-state index in [1.54, 1.807) is 0 Å². The fraction of sp³-hybridized carbons (Fsp3) is 0.467. The third kappa shape index (κ3) is 6.43. The van der Waals surface area contributed by atoms with Crippen molar-refractivity contribution < 1.29 is 57.4 Å². The van der Waals surface area contributed by atoms with Crippen LogP contribution in [0.5, 0.6) is 0 Å². The van der Waals surface area contributed by atoms with Gasteiger partial charge in [-0.3, -0.25) is 4.79 Å². The predicted octanol–water partition coefficient (Wildman–Crippen LogP) is -2.30. The van der Waals surface area contributed by atoms with Gasteiger partial charge in [0, 0.05) is 12.5 Å². The Bertz CT molecular complexity index is 555. The van der Waals surface area contributed by atoms with Gasteiger partial charge in [0.2, 0.25) is 5.91 Å². The third-order valence-electron chi connectivity index (χ3n) is 3.40. The maximum Gasteiger partial charge on any atom is 1.00 e. The van der Waals surface area contributed by atoms with Gasteiger partial charge in [-0.1, -0.05) is 37.3 Å². The first-order valence-corrected chi connectivity index (χ1v) is 7.03. The molecule has 3 N–H and O–H groups in total. The number of amides is 1. The molecule has 0 radical (unpaired) electrons. The molecule has 1 amide bonds. The van der Waals surface area contributed by atoms with Gasteiger partial charge in [-0.05, 0) is 18.4 Å². The van der Waals surface area contributed by atoms with E-state index in [0.717, 1.165) is 18.4 Å². The molecule has 0 unspecified atom stereocenters. The van der Waals surface area contributed by atoms with E-state index in [9.17, 15) is 18.0 Å². The molecule has 0 saturated heterocycles. The Morgan fingerprint density at radius 3 is 2.25 bits per heavy atom. The zero-order chi connectivity index (χ0) is 17.7. The molecule has 1 saturated carbocycles. The number of rotatable bonds is 4. The normalized spacial score (nSPS) is 21.6. The number of carboxylic acid groups (broad SMARTS) is 1. The average Bonchev–Trinajstić information content (AvgIpc) is 3.19. The quantitative estimate of drug-likeness (QED) is 0.595. The summed E-state index contributed by atoms with van der Waals surface area (Å²) in [6, 6.07) is 10.0. The van der Waals surface area contributed by atoms with Crippen molar-refractivity contribution in [3.05, 3.63) is 35.9 Å². The number of carbonyl (C=O) groups is 2. The van der Waals surface area contributed by atoms with Crippen molar-refractivity contribution in [3.8, 4) is 0 Å². The van der Waals surface area contributed by atoms with Crippen molar-refractivity contribution in [2.45, 2.75) is 37.4 Å². The van der Waals surface area contributed by atoms with Gasteiger partial charge in [0.1, 0.15) is 11.5 Å². The molecule has 128 valence electrons. The molecule has 0 bridgehead atoms. The van der Waals surface area contributed by atoms with Crippen molar-refractivity contribution in [3.63, 3.8) is 0 Å². The summed E-state index contributed by atoms with van der Waals surface area (Å²) >= 11 is 0. The molecular formula is C15H18F3N2NaO3.